The van der Waals surface area contributed by atoms with E-state index in [2.05, 4.69) is 35.8 Å². The molecule has 0 aliphatic heterocycles. The molecule has 0 amide bonds. The highest BCUT2D eigenvalue weighted by atomic mass is 32.2. The molecule has 0 unspecified atom stereocenters. The van der Waals surface area contributed by atoms with Crippen LogP contribution in [0.3, 0.4) is 0 Å². The summed E-state index contributed by atoms with van der Waals surface area (Å²) in [5.41, 5.74) is 3.55. The van der Waals surface area contributed by atoms with Crippen LogP contribution in [0, 0.1) is 0 Å². The molecular formula is C10H18N4S. The Labute approximate surface area is 95.0 Å². The van der Waals surface area contributed by atoms with Crippen molar-refractivity contribution in [3.05, 3.63) is 18.3 Å². The summed E-state index contributed by atoms with van der Waals surface area (Å²) in [5, 5.41) is 3.35. The number of hydrogen-bond donors (Lipinski definition) is 3. The molecule has 15 heavy (non-hydrogen) atoms. The second-order valence-corrected chi connectivity index (χ2v) is 5.40. The first kappa shape index (κ1) is 12.1. The molecule has 5 heteroatoms. The average Bonchev–Trinajstić information content (AvgIpc) is 2.27. The molecule has 0 atom stereocenters. The summed E-state index contributed by atoms with van der Waals surface area (Å²) in [5.74, 6) is 5.95. The van der Waals surface area contributed by atoms with Gasteiger partial charge in [0.15, 0.2) is 0 Å². The second-order valence-electron chi connectivity index (χ2n) is 3.89. The van der Waals surface area contributed by atoms with E-state index >= 15 is 0 Å². The van der Waals surface area contributed by atoms with Crippen molar-refractivity contribution in [3.63, 3.8) is 0 Å². The van der Waals surface area contributed by atoms with Gasteiger partial charge in [0, 0.05) is 29.2 Å². The molecule has 0 saturated carbocycles. The van der Waals surface area contributed by atoms with Crippen molar-refractivity contribution in [3.8, 4) is 0 Å². The van der Waals surface area contributed by atoms with Gasteiger partial charge in [-0.25, -0.2) is 10.8 Å². The van der Waals surface area contributed by atoms with Gasteiger partial charge >= 0.3 is 0 Å². The molecule has 1 heterocycles. The Hall–Kier alpha value is -0.940. The molecule has 84 valence electrons. The van der Waals surface area contributed by atoms with E-state index < -0.39 is 0 Å². The Morgan fingerprint density at radius 2 is 2.27 bits per heavy atom. The fourth-order valence-electron chi connectivity index (χ4n) is 1.01. The monoisotopic (exact) mass is 226 g/mol. The number of nitrogens with one attached hydrogen (secondary N) is 2. The Morgan fingerprint density at radius 3 is 2.87 bits per heavy atom. The van der Waals surface area contributed by atoms with Crippen LogP contribution in [0.15, 0.2) is 18.3 Å². The molecule has 0 aliphatic carbocycles. The molecule has 4 nitrogen and oxygen atoms in total. The topological polar surface area (TPSA) is 63.0 Å². The summed E-state index contributed by atoms with van der Waals surface area (Å²) in [6.07, 6.45) is 3.84. The quantitative estimate of drug-likeness (QED) is 0.529. The third kappa shape index (κ3) is 3.97. The van der Waals surface area contributed by atoms with Crippen LogP contribution in [-0.2, 0) is 0 Å². The zero-order valence-corrected chi connectivity index (χ0v) is 10.2. The highest BCUT2D eigenvalue weighted by Crippen LogP contribution is 2.22. The van der Waals surface area contributed by atoms with Gasteiger partial charge in [0.05, 0.1) is 0 Å². The van der Waals surface area contributed by atoms with Crippen molar-refractivity contribution in [1.29, 1.82) is 0 Å². The van der Waals surface area contributed by atoms with E-state index in [1.54, 1.807) is 6.20 Å². The van der Waals surface area contributed by atoms with Crippen LogP contribution >= 0.6 is 11.8 Å². The molecule has 0 radical (unpaired) electrons. The summed E-state index contributed by atoms with van der Waals surface area (Å²) in [7, 11) is 0. The van der Waals surface area contributed by atoms with E-state index in [4.69, 9.17) is 5.84 Å². The van der Waals surface area contributed by atoms with E-state index in [0.717, 1.165) is 12.2 Å². The molecule has 1 aromatic heterocycles. The van der Waals surface area contributed by atoms with Crippen LogP contribution in [0.25, 0.3) is 0 Å². The normalized spacial score (nSPS) is 11.2. The summed E-state index contributed by atoms with van der Waals surface area (Å²) in [4.78, 5) is 4.04. The number of thioether (sulfide) groups is 1. The largest absolute Gasteiger partial charge is 0.384 e. The van der Waals surface area contributed by atoms with Gasteiger partial charge in [0.2, 0.25) is 0 Å². The van der Waals surface area contributed by atoms with Crippen LogP contribution in [0.2, 0.25) is 0 Å². The van der Waals surface area contributed by atoms with Crippen LogP contribution in [0.5, 0.6) is 0 Å². The van der Waals surface area contributed by atoms with Gasteiger partial charge in [-0.05, 0) is 26.2 Å². The van der Waals surface area contributed by atoms with Gasteiger partial charge in [-0.3, -0.25) is 0 Å². The van der Waals surface area contributed by atoms with E-state index in [1.807, 2.05) is 23.9 Å². The Kier molecular flexibility index (Phi) is 4.23. The minimum absolute atomic E-state index is 0.222. The maximum atomic E-state index is 5.28. The number of hydrogen-bond acceptors (Lipinski definition) is 5. The number of nitrogens with two attached hydrogens (primary N) is 1. The minimum Gasteiger partial charge on any atom is -0.384 e. The van der Waals surface area contributed by atoms with Gasteiger partial charge in [-0.2, -0.15) is 11.8 Å². The lowest BCUT2D eigenvalue weighted by Gasteiger charge is -2.23. The smallest absolute Gasteiger partial charge is 0.141 e. The Bertz CT molecular complexity index is 314. The number of pyridine rings is 1. The van der Waals surface area contributed by atoms with Gasteiger partial charge < -0.3 is 10.7 Å². The van der Waals surface area contributed by atoms with Crippen LogP contribution in [0.1, 0.15) is 13.8 Å². The molecule has 0 aromatic carbocycles. The first-order valence-corrected chi connectivity index (χ1v) is 6.01. The maximum Gasteiger partial charge on any atom is 0.141 e. The lowest BCUT2D eigenvalue weighted by Crippen LogP contribution is -2.25. The van der Waals surface area contributed by atoms with E-state index in [-0.39, 0.29) is 4.75 Å². The predicted octanol–water partition coefficient (Wildman–Crippen LogP) is 1.92. The van der Waals surface area contributed by atoms with Gasteiger partial charge in [0.25, 0.3) is 0 Å². The van der Waals surface area contributed by atoms with Crippen LogP contribution in [-0.4, -0.2) is 22.5 Å². The van der Waals surface area contributed by atoms with Gasteiger partial charge in [0.1, 0.15) is 5.82 Å². The van der Waals surface area contributed by atoms with Crippen molar-refractivity contribution in [1.82, 2.24) is 4.98 Å². The molecule has 0 spiro atoms. The van der Waals surface area contributed by atoms with Crippen LogP contribution in [0.4, 0.5) is 11.5 Å². The number of nitrogens with zero attached hydrogens (tertiary/aromatic N) is 1. The van der Waals surface area contributed by atoms with Crippen LogP contribution < -0.4 is 16.6 Å². The SMILES string of the molecule is CSC(C)(C)CNc1ccnc(NN)c1. The van der Waals surface area contributed by atoms with E-state index in [9.17, 15) is 0 Å². The van der Waals surface area contributed by atoms with Gasteiger partial charge in [-0.1, -0.05) is 0 Å². The van der Waals surface area contributed by atoms with E-state index in [1.165, 1.54) is 0 Å². The Balaban J connectivity index is 2.57. The number of rotatable bonds is 5. The van der Waals surface area contributed by atoms with Crippen molar-refractivity contribution in [2.45, 2.75) is 18.6 Å². The zero-order valence-electron chi connectivity index (χ0n) is 9.37. The fourth-order valence-corrected chi connectivity index (χ4v) is 1.22. The zero-order chi connectivity index (χ0) is 11.3. The highest BCUT2D eigenvalue weighted by molar-refractivity contribution is 7.99. The number of nitrogen functional groups attached to an aromatic ring is 1. The van der Waals surface area contributed by atoms with Crippen molar-refractivity contribution < 1.29 is 0 Å². The first-order valence-electron chi connectivity index (χ1n) is 4.79. The Morgan fingerprint density at radius 1 is 1.53 bits per heavy atom. The molecule has 0 saturated heterocycles. The third-order valence-electron chi connectivity index (χ3n) is 2.18. The number of anilines is 2. The molecule has 0 bridgehead atoms. The highest BCUT2D eigenvalue weighted by Gasteiger charge is 2.15. The molecule has 1 aromatic rings. The lowest BCUT2D eigenvalue weighted by molar-refractivity contribution is 0.752. The summed E-state index contributed by atoms with van der Waals surface area (Å²) in [6, 6.07) is 3.81. The van der Waals surface area contributed by atoms with Crippen molar-refractivity contribution >= 4 is 23.3 Å². The van der Waals surface area contributed by atoms with Crippen molar-refractivity contribution in [2.24, 2.45) is 5.84 Å². The molecular weight excluding hydrogens is 208 g/mol. The lowest BCUT2D eigenvalue weighted by atomic mass is 10.2. The average molecular weight is 226 g/mol. The predicted molar refractivity (Wildman–Crippen MR) is 68.1 cm³/mol. The number of hydrazine groups is 1. The van der Waals surface area contributed by atoms with Gasteiger partial charge in [-0.15, -0.1) is 0 Å². The number of aromatic nitrogens is 1. The molecule has 0 aliphatic rings. The summed E-state index contributed by atoms with van der Waals surface area (Å²) >= 11 is 1.84. The molecule has 4 N–H and O–H groups in total. The summed E-state index contributed by atoms with van der Waals surface area (Å²) in [6.45, 7) is 5.31. The van der Waals surface area contributed by atoms with E-state index in [0.29, 0.717) is 5.82 Å². The second kappa shape index (κ2) is 5.23. The summed E-state index contributed by atoms with van der Waals surface area (Å²) < 4.78 is 0.222. The minimum atomic E-state index is 0.222. The standard InChI is InChI=1S/C10H18N4S/c1-10(2,15-3)7-13-8-4-5-12-9(6-8)14-11/h4-6H,7,11H2,1-3H3,(H2,12,13,14). The molecule has 0 fully saturated rings. The molecule has 1 rings (SSSR count). The fraction of sp³-hybridized carbons (Fsp3) is 0.500. The maximum absolute atomic E-state index is 5.28. The van der Waals surface area contributed by atoms with Crippen molar-refractivity contribution in [2.75, 3.05) is 23.5 Å². The first-order chi connectivity index (χ1) is 7.07. The third-order valence-corrected chi connectivity index (χ3v) is 3.43.